The van der Waals surface area contributed by atoms with Crippen LogP contribution >= 0.6 is 34.4 Å². The Morgan fingerprint density at radius 1 is 1.39 bits per heavy atom. The average molecular weight is 451 g/mol. The van der Waals surface area contributed by atoms with Gasteiger partial charge in [0, 0.05) is 28.3 Å². The highest BCUT2D eigenvalue weighted by Gasteiger charge is 2.44. The monoisotopic (exact) mass is 451 g/mol. The van der Waals surface area contributed by atoms with Gasteiger partial charge in [0.2, 0.25) is 0 Å². The summed E-state index contributed by atoms with van der Waals surface area (Å²) in [5.41, 5.74) is 6.80. The third-order valence-corrected chi connectivity index (χ3v) is 5.41. The summed E-state index contributed by atoms with van der Waals surface area (Å²) in [6, 6.07) is 0. The molecule has 4 atom stereocenters. The third-order valence-electron chi connectivity index (χ3n) is 3.66. The highest BCUT2D eigenvalue weighted by atomic mass is 127. The number of thioether (sulfide) groups is 1. The normalized spacial score (nSPS) is 27.8. The number of imidazole rings is 1. The van der Waals surface area contributed by atoms with E-state index in [4.69, 9.17) is 10.5 Å². The van der Waals surface area contributed by atoms with Crippen molar-refractivity contribution in [3.8, 4) is 0 Å². The molecule has 2 aromatic rings. The second kappa shape index (κ2) is 7.05. The average Bonchev–Trinajstić information content (AvgIpc) is 3.04. The quantitative estimate of drug-likeness (QED) is 0.347. The molecule has 2 aromatic heterocycles. The summed E-state index contributed by atoms with van der Waals surface area (Å²) in [6.07, 6.45) is -0.600. The van der Waals surface area contributed by atoms with Crippen LogP contribution in [0, 0.1) is 3.83 Å². The minimum Gasteiger partial charge on any atom is -0.387 e. The maximum Gasteiger partial charge on any atom is 0.194 e. The molecule has 10 heteroatoms. The van der Waals surface area contributed by atoms with Crippen molar-refractivity contribution in [2.45, 2.75) is 37.9 Å². The van der Waals surface area contributed by atoms with Gasteiger partial charge in [0.25, 0.3) is 0 Å². The van der Waals surface area contributed by atoms with Gasteiger partial charge < -0.3 is 20.7 Å². The van der Waals surface area contributed by atoms with E-state index in [1.165, 1.54) is 6.33 Å². The number of hydrogen-bond acceptors (Lipinski definition) is 8. The van der Waals surface area contributed by atoms with E-state index in [9.17, 15) is 10.2 Å². The number of aliphatic hydroxyl groups excluding tert-OH is 2. The molecule has 0 spiro atoms. The lowest BCUT2D eigenvalue weighted by Gasteiger charge is -2.16. The van der Waals surface area contributed by atoms with Crippen LogP contribution in [0.2, 0.25) is 0 Å². The van der Waals surface area contributed by atoms with Crippen LogP contribution in [-0.4, -0.2) is 59.5 Å². The zero-order valence-electron chi connectivity index (χ0n) is 12.5. The molecule has 0 aromatic carbocycles. The summed E-state index contributed by atoms with van der Waals surface area (Å²) in [5.74, 6) is 1.90. The van der Waals surface area contributed by atoms with Crippen LogP contribution < -0.4 is 5.73 Å². The zero-order chi connectivity index (χ0) is 16.6. The first kappa shape index (κ1) is 17.1. The highest BCUT2D eigenvalue weighted by Crippen LogP contribution is 2.33. The minimum atomic E-state index is -1.05. The number of aliphatic hydroxyl groups is 2. The molecule has 0 radical (unpaired) electrons. The third kappa shape index (κ3) is 3.27. The van der Waals surface area contributed by atoms with E-state index in [1.807, 2.05) is 22.6 Å². The molecule has 1 aliphatic heterocycles. The molecule has 1 aliphatic rings. The molecule has 0 bridgehead atoms. The molecule has 3 heterocycles. The van der Waals surface area contributed by atoms with Crippen LogP contribution in [0.3, 0.4) is 0 Å². The number of halogens is 1. The van der Waals surface area contributed by atoms with Crippen LogP contribution in [-0.2, 0) is 4.74 Å². The molecule has 0 amide bonds. The van der Waals surface area contributed by atoms with Crippen molar-refractivity contribution >= 4 is 51.3 Å². The summed E-state index contributed by atoms with van der Waals surface area (Å²) in [4.78, 5) is 12.6. The second-order valence-electron chi connectivity index (χ2n) is 5.32. The number of hydrogen-bond donors (Lipinski definition) is 3. The summed E-state index contributed by atoms with van der Waals surface area (Å²) in [5, 5.41) is 20.6. The maximum absolute atomic E-state index is 10.3. The predicted molar refractivity (Wildman–Crippen MR) is 96.0 cm³/mol. The van der Waals surface area contributed by atoms with E-state index in [1.54, 1.807) is 16.3 Å². The number of nitrogens with zero attached hydrogens (tertiary/aromatic N) is 4. The summed E-state index contributed by atoms with van der Waals surface area (Å²) in [7, 11) is 0. The Morgan fingerprint density at radius 3 is 2.91 bits per heavy atom. The van der Waals surface area contributed by atoms with Gasteiger partial charge in [-0.25, -0.2) is 15.0 Å². The molecule has 1 fully saturated rings. The number of ether oxygens (including phenoxy) is 1. The van der Waals surface area contributed by atoms with Crippen molar-refractivity contribution < 1.29 is 14.9 Å². The molecule has 126 valence electrons. The van der Waals surface area contributed by atoms with Gasteiger partial charge in [0.15, 0.2) is 21.5 Å². The number of aromatic nitrogens is 4. The predicted octanol–water partition coefficient (Wildman–Crippen LogP) is 0.775. The zero-order valence-corrected chi connectivity index (χ0v) is 15.4. The van der Waals surface area contributed by atoms with Gasteiger partial charge in [0.05, 0.1) is 12.4 Å². The number of anilines is 1. The van der Waals surface area contributed by atoms with Crippen LogP contribution in [0.1, 0.15) is 19.6 Å². The fraction of sp³-hybridized carbons (Fsp3) is 0.615. The largest absolute Gasteiger partial charge is 0.387 e. The molecule has 4 N–H and O–H groups in total. The van der Waals surface area contributed by atoms with Gasteiger partial charge in [-0.1, -0.05) is 6.92 Å². The van der Waals surface area contributed by atoms with Crippen LogP contribution in [0.25, 0.3) is 11.2 Å². The van der Waals surface area contributed by atoms with Crippen molar-refractivity contribution in [1.82, 2.24) is 19.5 Å². The van der Waals surface area contributed by atoms with Gasteiger partial charge in [-0.15, -0.1) is 0 Å². The van der Waals surface area contributed by atoms with Gasteiger partial charge >= 0.3 is 0 Å². The number of fused-ring (bicyclic) bond motifs is 1. The fourth-order valence-corrected chi connectivity index (χ4v) is 3.99. The fourth-order valence-electron chi connectivity index (χ4n) is 2.54. The van der Waals surface area contributed by atoms with Crippen molar-refractivity contribution in [3.63, 3.8) is 0 Å². The molecule has 3 rings (SSSR count). The van der Waals surface area contributed by atoms with E-state index in [0.29, 0.717) is 20.7 Å². The Balaban J connectivity index is 1.87. The summed E-state index contributed by atoms with van der Waals surface area (Å²) in [6.45, 7) is 2.10. The lowest BCUT2D eigenvalue weighted by Crippen LogP contribution is -2.32. The lowest BCUT2D eigenvalue weighted by atomic mass is 10.1. The first-order valence-corrected chi connectivity index (χ1v) is 9.51. The molecule has 1 unspecified atom stereocenters. The molecule has 23 heavy (non-hydrogen) atoms. The van der Waals surface area contributed by atoms with Crippen molar-refractivity contribution in [1.29, 1.82) is 0 Å². The number of nitrogen functional groups attached to an aromatic ring is 1. The standard InChI is InChI=1S/C13H18IN5O3S/c1-2-3-23-4-6-8(20)9(21)12(22-6)19-5-16-7-10(15)17-13(14)18-11(7)19/h5-6,8-9,12,20-21H,2-4H2,1H3,(H2,15,17,18)/t6-,8+,9?,12-/m1/s1. The van der Waals surface area contributed by atoms with Crippen molar-refractivity contribution in [3.05, 3.63) is 10.2 Å². The van der Waals surface area contributed by atoms with E-state index < -0.39 is 24.5 Å². The lowest BCUT2D eigenvalue weighted by molar-refractivity contribution is -0.0289. The molecule has 8 nitrogen and oxygen atoms in total. The number of rotatable bonds is 5. The Bertz CT molecular complexity index is 700. The molecule has 0 aliphatic carbocycles. The molecule has 0 saturated carbocycles. The minimum absolute atomic E-state index is 0.279. The molecular weight excluding hydrogens is 433 g/mol. The summed E-state index contributed by atoms with van der Waals surface area (Å²) >= 11 is 3.66. The van der Waals surface area contributed by atoms with Crippen LogP contribution in [0.4, 0.5) is 5.82 Å². The van der Waals surface area contributed by atoms with Crippen LogP contribution in [0.15, 0.2) is 6.33 Å². The molecular formula is C13H18IN5O3S. The van der Waals surface area contributed by atoms with E-state index in [-0.39, 0.29) is 5.82 Å². The Kier molecular flexibility index (Phi) is 5.26. The van der Waals surface area contributed by atoms with Gasteiger partial charge in [-0.05, 0) is 12.2 Å². The summed E-state index contributed by atoms with van der Waals surface area (Å²) < 4.78 is 7.95. The topological polar surface area (TPSA) is 119 Å². The smallest absolute Gasteiger partial charge is 0.194 e. The molecule has 1 saturated heterocycles. The van der Waals surface area contributed by atoms with E-state index in [2.05, 4.69) is 21.9 Å². The highest BCUT2D eigenvalue weighted by molar-refractivity contribution is 14.1. The van der Waals surface area contributed by atoms with E-state index >= 15 is 0 Å². The Morgan fingerprint density at radius 2 is 2.17 bits per heavy atom. The van der Waals surface area contributed by atoms with Crippen LogP contribution in [0.5, 0.6) is 0 Å². The van der Waals surface area contributed by atoms with Crippen molar-refractivity contribution in [2.75, 3.05) is 17.2 Å². The SMILES string of the molecule is CCCSC[C@H]1O[C@@H](n2cnc3c(N)nc(I)nc32)C(O)[C@H]1O. The maximum atomic E-state index is 10.3. The number of nitrogens with two attached hydrogens (primary N) is 1. The van der Waals surface area contributed by atoms with Gasteiger partial charge in [-0.2, -0.15) is 11.8 Å². The Hall–Kier alpha value is -0.690. The Labute approximate surface area is 151 Å². The second-order valence-corrected chi connectivity index (χ2v) is 7.44. The van der Waals surface area contributed by atoms with Gasteiger partial charge in [-0.3, -0.25) is 4.57 Å². The van der Waals surface area contributed by atoms with Crippen molar-refractivity contribution in [2.24, 2.45) is 0 Å². The van der Waals surface area contributed by atoms with E-state index in [0.717, 1.165) is 12.2 Å². The van der Waals surface area contributed by atoms with Gasteiger partial charge in [0.1, 0.15) is 17.7 Å². The first-order valence-electron chi connectivity index (χ1n) is 7.27. The first-order chi connectivity index (χ1) is 11.0.